The standard InChI is InChI=1S/C15H19Br2N/c1-10-5-11(2)7-12(6-10)9-18-15-8-13(16)3-4-14(15)17/h3-5,8,10,12,18H,6-7,9H2,1-2H3. The van der Waals surface area contributed by atoms with Crippen LogP contribution < -0.4 is 5.32 Å². The van der Waals surface area contributed by atoms with Crippen molar-refractivity contribution in [2.24, 2.45) is 11.8 Å². The molecule has 0 saturated carbocycles. The van der Waals surface area contributed by atoms with Gasteiger partial charge in [-0.2, -0.15) is 0 Å². The minimum absolute atomic E-state index is 0.719. The molecule has 3 heteroatoms. The Balaban J connectivity index is 1.96. The Morgan fingerprint density at radius 1 is 1.33 bits per heavy atom. The van der Waals surface area contributed by atoms with Crippen molar-refractivity contribution in [3.63, 3.8) is 0 Å². The Labute approximate surface area is 126 Å². The van der Waals surface area contributed by atoms with Crippen LogP contribution >= 0.6 is 31.9 Å². The summed E-state index contributed by atoms with van der Waals surface area (Å²) in [4.78, 5) is 0. The molecule has 1 aromatic rings. The molecule has 0 heterocycles. The zero-order valence-electron chi connectivity index (χ0n) is 10.8. The van der Waals surface area contributed by atoms with Crippen molar-refractivity contribution < 1.29 is 0 Å². The molecule has 1 N–H and O–H groups in total. The van der Waals surface area contributed by atoms with E-state index in [1.54, 1.807) is 0 Å². The Morgan fingerprint density at radius 3 is 2.83 bits per heavy atom. The molecule has 1 aliphatic rings. The van der Waals surface area contributed by atoms with Crippen molar-refractivity contribution >= 4 is 37.5 Å². The number of anilines is 1. The van der Waals surface area contributed by atoms with Gasteiger partial charge < -0.3 is 5.32 Å². The fourth-order valence-corrected chi connectivity index (χ4v) is 3.48. The van der Waals surface area contributed by atoms with Gasteiger partial charge in [0.2, 0.25) is 0 Å². The average molecular weight is 373 g/mol. The fourth-order valence-electron chi connectivity index (χ4n) is 2.73. The lowest BCUT2D eigenvalue weighted by Crippen LogP contribution is -2.20. The third-order valence-electron chi connectivity index (χ3n) is 3.39. The van der Waals surface area contributed by atoms with E-state index in [1.807, 2.05) is 6.07 Å². The Morgan fingerprint density at radius 2 is 2.11 bits per heavy atom. The molecule has 0 amide bonds. The lowest BCUT2D eigenvalue weighted by molar-refractivity contribution is 0.421. The van der Waals surface area contributed by atoms with Crippen LogP contribution in [0.1, 0.15) is 26.7 Å². The molecule has 0 aliphatic heterocycles. The van der Waals surface area contributed by atoms with E-state index in [1.165, 1.54) is 24.1 Å². The number of nitrogens with one attached hydrogen (secondary N) is 1. The third-order valence-corrected chi connectivity index (χ3v) is 4.58. The molecule has 0 fully saturated rings. The summed E-state index contributed by atoms with van der Waals surface area (Å²) in [5.74, 6) is 1.47. The van der Waals surface area contributed by atoms with E-state index >= 15 is 0 Å². The SMILES string of the molecule is CC1=CC(C)CC(CNc2cc(Br)ccc2Br)C1. The Kier molecular flexibility index (Phi) is 4.91. The molecule has 0 aromatic heterocycles. The fraction of sp³-hybridized carbons (Fsp3) is 0.467. The summed E-state index contributed by atoms with van der Waals surface area (Å²) < 4.78 is 2.24. The zero-order chi connectivity index (χ0) is 13.1. The van der Waals surface area contributed by atoms with E-state index < -0.39 is 0 Å². The van der Waals surface area contributed by atoms with E-state index in [0.29, 0.717) is 0 Å². The minimum Gasteiger partial charge on any atom is -0.384 e. The van der Waals surface area contributed by atoms with Gasteiger partial charge in [-0.05, 0) is 65.7 Å². The lowest BCUT2D eigenvalue weighted by Gasteiger charge is -2.26. The zero-order valence-corrected chi connectivity index (χ0v) is 14.0. The van der Waals surface area contributed by atoms with Crippen molar-refractivity contribution in [1.82, 2.24) is 0 Å². The summed E-state index contributed by atoms with van der Waals surface area (Å²) in [6, 6.07) is 6.24. The van der Waals surface area contributed by atoms with E-state index in [9.17, 15) is 0 Å². The highest BCUT2D eigenvalue weighted by molar-refractivity contribution is 9.11. The lowest BCUT2D eigenvalue weighted by atomic mass is 9.84. The van der Waals surface area contributed by atoms with Gasteiger partial charge in [0.25, 0.3) is 0 Å². The first-order valence-corrected chi connectivity index (χ1v) is 7.99. The maximum absolute atomic E-state index is 3.58. The smallest absolute Gasteiger partial charge is 0.0496 e. The molecule has 2 atom stereocenters. The van der Waals surface area contributed by atoms with Crippen LogP contribution in [0, 0.1) is 11.8 Å². The summed E-state index contributed by atoms with van der Waals surface area (Å²) in [7, 11) is 0. The molecule has 1 aliphatic carbocycles. The summed E-state index contributed by atoms with van der Waals surface area (Å²) >= 11 is 7.10. The van der Waals surface area contributed by atoms with Crippen molar-refractivity contribution in [1.29, 1.82) is 0 Å². The van der Waals surface area contributed by atoms with E-state index in [4.69, 9.17) is 0 Å². The maximum atomic E-state index is 3.58. The van der Waals surface area contributed by atoms with Crippen molar-refractivity contribution in [2.75, 3.05) is 11.9 Å². The van der Waals surface area contributed by atoms with Gasteiger partial charge in [0.1, 0.15) is 0 Å². The summed E-state index contributed by atoms with van der Waals surface area (Å²) in [6.45, 7) is 5.60. The molecule has 1 aromatic carbocycles. The van der Waals surface area contributed by atoms with Gasteiger partial charge in [-0.25, -0.2) is 0 Å². The van der Waals surface area contributed by atoms with Gasteiger partial charge in [0.15, 0.2) is 0 Å². The third kappa shape index (κ3) is 3.86. The number of benzene rings is 1. The molecule has 1 nitrogen and oxygen atoms in total. The second kappa shape index (κ2) is 6.25. The van der Waals surface area contributed by atoms with Gasteiger partial charge in [0, 0.05) is 21.2 Å². The summed E-state index contributed by atoms with van der Waals surface area (Å²) in [6.07, 6.45) is 4.92. The maximum Gasteiger partial charge on any atom is 0.0496 e. The molecule has 2 rings (SSSR count). The van der Waals surface area contributed by atoms with E-state index in [0.717, 1.165) is 27.3 Å². The van der Waals surface area contributed by atoms with Crippen LogP contribution in [-0.2, 0) is 0 Å². The van der Waals surface area contributed by atoms with Gasteiger partial charge in [-0.1, -0.05) is 34.5 Å². The number of hydrogen-bond donors (Lipinski definition) is 1. The van der Waals surface area contributed by atoms with E-state index in [-0.39, 0.29) is 0 Å². The number of hydrogen-bond acceptors (Lipinski definition) is 1. The highest BCUT2D eigenvalue weighted by Gasteiger charge is 2.17. The van der Waals surface area contributed by atoms with Gasteiger partial charge in [-0.3, -0.25) is 0 Å². The van der Waals surface area contributed by atoms with Crippen LogP contribution in [0.2, 0.25) is 0 Å². The molecular formula is C15H19Br2N. The average Bonchev–Trinajstić information content (AvgIpc) is 2.29. The van der Waals surface area contributed by atoms with Crippen LogP contribution in [0.5, 0.6) is 0 Å². The Bertz CT molecular complexity index is 454. The largest absolute Gasteiger partial charge is 0.384 e. The first-order valence-electron chi connectivity index (χ1n) is 6.41. The summed E-state index contributed by atoms with van der Waals surface area (Å²) in [5, 5.41) is 3.56. The molecule has 2 unspecified atom stereocenters. The molecule has 0 spiro atoms. The van der Waals surface area contributed by atoms with Crippen molar-refractivity contribution in [3.05, 3.63) is 38.8 Å². The predicted octanol–water partition coefficient (Wildman–Crippen LogP) is 5.62. The van der Waals surface area contributed by atoms with Crippen molar-refractivity contribution in [3.8, 4) is 0 Å². The first-order chi connectivity index (χ1) is 8.54. The highest BCUT2D eigenvalue weighted by atomic mass is 79.9. The molecule has 0 bridgehead atoms. The topological polar surface area (TPSA) is 12.0 Å². The van der Waals surface area contributed by atoms with Crippen LogP contribution in [0.3, 0.4) is 0 Å². The molecule has 18 heavy (non-hydrogen) atoms. The Hall–Kier alpha value is -0.280. The highest BCUT2D eigenvalue weighted by Crippen LogP contribution is 2.30. The molecule has 0 radical (unpaired) electrons. The van der Waals surface area contributed by atoms with Crippen LogP contribution in [0.4, 0.5) is 5.69 Å². The summed E-state index contributed by atoms with van der Waals surface area (Å²) in [5.41, 5.74) is 2.71. The van der Waals surface area contributed by atoms with E-state index in [2.05, 4.69) is 69.2 Å². The van der Waals surface area contributed by atoms with Gasteiger partial charge in [-0.15, -0.1) is 0 Å². The number of halogens is 2. The first kappa shape index (κ1) is 14.1. The van der Waals surface area contributed by atoms with Crippen LogP contribution in [0.25, 0.3) is 0 Å². The monoisotopic (exact) mass is 371 g/mol. The number of allylic oxidation sites excluding steroid dienone is 2. The minimum atomic E-state index is 0.719. The quantitative estimate of drug-likeness (QED) is 0.679. The van der Waals surface area contributed by atoms with Gasteiger partial charge >= 0.3 is 0 Å². The predicted molar refractivity (Wildman–Crippen MR) is 86.0 cm³/mol. The normalized spacial score (nSPS) is 23.7. The van der Waals surface area contributed by atoms with Crippen LogP contribution in [0.15, 0.2) is 38.8 Å². The van der Waals surface area contributed by atoms with Crippen LogP contribution in [-0.4, -0.2) is 6.54 Å². The molecule has 98 valence electrons. The van der Waals surface area contributed by atoms with Gasteiger partial charge in [0.05, 0.1) is 0 Å². The van der Waals surface area contributed by atoms with Crippen molar-refractivity contribution in [2.45, 2.75) is 26.7 Å². The molecular weight excluding hydrogens is 354 g/mol. The molecule has 0 saturated heterocycles. The second-order valence-corrected chi connectivity index (χ2v) is 7.07. The second-order valence-electron chi connectivity index (χ2n) is 5.30. The number of rotatable bonds is 3.